The van der Waals surface area contributed by atoms with Crippen molar-refractivity contribution < 1.29 is 8.76 Å². The van der Waals surface area contributed by atoms with E-state index in [2.05, 4.69) is 4.98 Å². The molecule has 0 aliphatic rings. The molecule has 0 aromatic heterocycles. The quantitative estimate of drug-likeness (QED) is 0.275. The van der Waals surface area contributed by atoms with Gasteiger partial charge in [-0.3, -0.25) is 4.21 Å². The summed E-state index contributed by atoms with van der Waals surface area (Å²) in [4.78, 5) is 2.28. The molecule has 0 aromatic rings. The van der Waals surface area contributed by atoms with Crippen molar-refractivity contribution in [1.82, 2.24) is 0 Å². The molecule has 5 heteroatoms. The Morgan fingerprint density at radius 3 is 2.71 bits per heavy atom. The molecule has 1 unspecified atom stereocenters. The first-order chi connectivity index (χ1) is 3.27. The van der Waals surface area contributed by atoms with Crippen molar-refractivity contribution in [2.45, 2.75) is 0 Å². The van der Waals surface area contributed by atoms with E-state index in [4.69, 9.17) is 5.39 Å². The van der Waals surface area contributed by atoms with Crippen LogP contribution in [0.3, 0.4) is 0 Å². The zero-order chi connectivity index (χ0) is 5.70. The molecule has 4 nitrogen and oxygen atoms in total. The van der Waals surface area contributed by atoms with Crippen LogP contribution in [-0.2, 0) is 11.1 Å². The van der Waals surface area contributed by atoms with Crippen LogP contribution in [0.15, 0.2) is 5.41 Å². The summed E-state index contributed by atoms with van der Waals surface area (Å²) >= 11 is -2.31. The standard InChI is InChI=1S/C2H2N2O2S/c3-4-1-2-7(5)6/h2H,(H,5,6)/p-1. The van der Waals surface area contributed by atoms with Crippen molar-refractivity contribution in [3.63, 3.8) is 0 Å². The topological polar surface area (TPSA) is 68.3 Å². The molecule has 0 amide bonds. The van der Waals surface area contributed by atoms with E-state index < -0.39 is 11.1 Å². The third-order valence-electron chi connectivity index (χ3n) is 0.207. The highest BCUT2D eigenvalue weighted by molar-refractivity contribution is 7.82. The molecule has 7 heavy (non-hydrogen) atoms. The summed E-state index contributed by atoms with van der Waals surface area (Å²) < 4.78 is 18.9. The molecule has 0 aliphatic carbocycles. The van der Waals surface area contributed by atoms with Gasteiger partial charge in [-0.05, 0) is 0 Å². The third kappa shape index (κ3) is 5.27. The SMILES string of the molecule is N#[N+][C-]=CS(=O)[O-]. The summed E-state index contributed by atoms with van der Waals surface area (Å²) in [5.74, 6) is 0. The normalized spacial score (nSPS) is 13.7. The van der Waals surface area contributed by atoms with Crippen LogP contribution in [0.2, 0.25) is 0 Å². The summed E-state index contributed by atoms with van der Waals surface area (Å²) in [6, 6.07) is 0. The van der Waals surface area contributed by atoms with Crippen molar-refractivity contribution >= 4 is 11.1 Å². The van der Waals surface area contributed by atoms with E-state index >= 15 is 0 Å². The van der Waals surface area contributed by atoms with E-state index in [9.17, 15) is 8.76 Å². The predicted octanol–water partition coefficient (Wildman–Crippen LogP) is -0.00703. The summed E-state index contributed by atoms with van der Waals surface area (Å²) in [6.45, 7) is 0. The van der Waals surface area contributed by atoms with E-state index in [0.717, 1.165) is 0 Å². The molecule has 0 saturated carbocycles. The van der Waals surface area contributed by atoms with Crippen LogP contribution in [0.4, 0.5) is 0 Å². The second-order valence-electron chi connectivity index (χ2n) is 0.607. The minimum Gasteiger partial charge on any atom is -0.771 e. The fourth-order valence-electron chi connectivity index (χ4n) is 0.0666. The average Bonchev–Trinajstić information content (AvgIpc) is 1.61. The smallest absolute Gasteiger partial charge is 0.179 e. The highest BCUT2D eigenvalue weighted by Crippen LogP contribution is 1.74. The molecule has 0 fully saturated rings. The van der Waals surface area contributed by atoms with Crippen LogP contribution in [0.25, 0.3) is 4.98 Å². The molecular weight excluding hydrogens is 116 g/mol. The molecule has 0 rings (SSSR count). The first-order valence-corrected chi connectivity index (χ1v) is 2.42. The molecule has 0 heterocycles. The highest BCUT2D eigenvalue weighted by Gasteiger charge is 1.58. The summed E-state index contributed by atoms with van der Waals surface area (Å²) in [6.07, 6.45) is 1.69. The zero-order valence-electron chi connectivity index (χ0n) is 3.20. The van der Waals surface area contributed by atoms with Crippen LogP contribution in [0.1, 0.15) is 0 Å². The van der Waals surface area contributed by atoms with Crippen molar-refractivity contribution in [1.29, 1.82) is 5.39 Å². The monoisotopic (exact) mass is 117 g/mol. The van der Waals surface area contributed by atoms with Crippen LogP contribution in [0, 0.1) is 11.6 Å². The van der Waals surface area contributed by atoms with Gasteiger partial charge >= 0.3 is 0 Å². The molecule has 1 atom stereocenters. The molecule has 0 N–H and O–H groups in total. The molecule has 0 aliphatic heterocycles. The Bertz CT molecular complexity index is 135. The van der Waals surface area contributed by atoms with Gasteiger partial charge in [0.05, 0.1) is 0 Å². The van der Waals surface area contributed by atoms with Gasteiger partial charge in [0.15, 0.2) is 5.39 Å². The van der Waals surface area contributed by atoms with Crippen LogP contribution >= 0.6 is 0 Å². The lowest BCUT2D eigenvalue weighted by atomic mass is 11.1. The zero-order valence-corrected chi connectivity index (χ0v) is 4.01. The van der Waals surface area contributed by atoms with Gasteiger partial charge in [-0.15, -0.1) is 5.41 Å². The molecular formula is C2HN2O2S-. The Balaban J connectivity index is 3.53. The fraction of sp³-hybridized carbons (Fsp3) is 0. The van der Waals surface area contributed by atoms with Gasteiger partial charge in [-0.2, -0.15) is 0 Å². The van der Waals surface area contributed by atoms with Gasteiger partial charge in [0.1, 0.15) is 0 Å². The number of hydrogen-bond donors (Lipinski definition) is 0. The Hall–Kier alpha value is -0.730. The molecule has 0 aromatic carbocycles. The lowest BCUT2D eigenvalue weighted by Gasteiger charge is -1.92. The van der Waals surface area contributed by atoms with Gasteiger partial charge < -0.3 is 4.55 Å². The number of diazo groups is 1. The van der Waals surface area contributed by atoms with Gasteiger partial charge in [0.2, 0.25) is 0 Å². The number of hydrogen-bond acceptors (Lipinski definition) is 3. The number of rotatable bonds is 1. The van der Waals surface area contributed by atoms with Crippen LogP contribution in [0.5, 0.6) is 0 Å². The maximum atomic E-state index is 9.47. The fourth-order valence-corrected chi connectivity index (χ4v) is 0.200. The Labute approximate surface area is 42.8 Å². The first-order valence-electron chi connectivity index (χ1n) is 1.28. The Morgan fingerprint density at radius 2 is 2.57 bits per heavy atom. The van der Waals surface area contributed by atoms with Gasteiger partial charge in [-0.25, -0.2) is 0 Å². The van der Waals surface area contributed by atoms with E-state index in [-0.39, 0.29) is 0 Å². The van der Waals surface area contributed by atoms with Gasteiger partial charge in [0, 0.05) is 6.20 Å². The molecule has 0 radical (unpaired) electrons. The minimum atomic E-state index is -2.31. The lowest BCUT2D eigenvalue weighted by Crippen LogP contribution is -1.74. The third-order valence-corrected chi connectivity index (χ3v) is 0.505. The molecule has 0 spiro atoms. The highest BCUT2D eigenvalue weighted by atomic mass is 32.2. The summed E-state index contributed by atoms with van der Waals surface area (Å²) in [7, 11) is 0. The maximum Gasteiger partial charge on any atom is 0.179 e. The van der Waals surface area contributed by atoms with Crippen LogP contribution in [-0.4, -0.2) is 8.76 Å². The number of nitrogens with zero attached hydrogens (tertiary/aromatic N) is 2. The average molecular weight is 117 g/mol. The Kier molecular flexibility index (Phi) is 3.10. The van der Waals surface area contributed by atoms with E-state index in [1.807, 2.05) is 0 Å². The molecule has 0 saturated heterocycles. The minimum absolute atomic E-state index is 0.597. The van der Waals surface area contributed by atoms with Crippen molar-refractivity contribution in [2.75, 3.05) is 0 Å². The van der Waals surface area contributed by atoms with Crippen molar-refractivity contribution in [3.05, 3.63) is 16.6 Å². The largest absolute Gasteiger partial charge is 0.771 e. The molecule has 0 bridgehead atoms. The van der Waals surface area contributed by atoms with Crippen molar-refractivity contribution in [2.24, 2.45) is 0 Å². The van der Waals surface area contributed by atoms with Crippen molar-refractivity contribution in [3.8, 4) is 0 Å². The van der Waals surface area contributed by atoms with Gasteiger partial charge in [-0.1, -0.05) is 16.1 Å². The first kappa shape index (κ1) is 6.27. The lowest BCUT2D eigenvalue weighted by molar-refractivity contribution is 0.546. The van der Waals surface area contributed by atoms with Gasteiger partial charge in [0.25, 0.3) is 0 Å². The second kappa shape index (κ2) is 3.46. The van der Waals surface area contributed by atoms with E-state index in [1.54, 1.807) is 6.20 Å². The summed E-state index contributed by atoms with van der Waals surface area (Å²) in [5, 5.41) is 8.12. The predicted molar refractivity (Wildman–Crippen MR) is 21.8 cm³/mol. The summed E-state index contributed by atoms with van der Waals surface area (Å²) in [5.41, 5.74) is 0. The maximum absolute atomic E-state index is 9.47. The molecule has 38 valence electrons. The Morgan fingerprint density at radius 1 is 2.00 bits per heavy atom. The second-order valence-corrected chi connectivity index (χ2v) is 1.36. The van der Waals surface area contributed by atoms with Crippen LogP contribution < -0.4 is 0 Å². The van der Waals surface area contributed by atoms with E-state index in [1.165, 1.54) is 0 Å². The van der Waals surface area contributed by atoms with E-state index in [0.29, 0.717) is 5.41 Å².